The van der Waals surface area contributed by atoms with Gasteiger partial charge in [-0.1, -0.05) is 30.3 Å². The second kappa shape index (κ2) is 17.0. The maximum Gasteiger partial charge on any atom is 0.142 e. The Morgan fingerprint density at radius 2 is 1.66 bits per heavy atom. The summed E-state index contributed by atoms with van der Waals surface area (Å²) >= 11 is 0. The molecule has 1 N–H and O–H groups in total. The van der Waals surface area contributed by atoms with E-state index in [9.17, 15) is 0 Å². The second-order valence-electron chi connectivity index (χ2n) is 10.7. The molecular formula is C32H48N2O7. The highest BCUT2D eigenvalue weighted by Gasteiger charge is 2.36. The lowest BCUT2D eigenvalue weighted by molar-refractivity contribution is -0.0801. The number of nitrogens with one attached hydrogen (secondary N) is 1. The van der Waals surface area contributed by atoms with Gasteiger partial charge in [0.15, 0.2) is 0 Å². The molecule has 0 saturated carbocycles. The van der Waals surface area contributed by atoms with Gasteiger partial charge in [0.2, 0.25) is 0 Å². The fourth-order valence-electron chi connectivity index (χ4n) is 5.35. The van der Waals surface area contributed by atoms with Gasteiger partial charge in [0.25, 0.3) is 0 Å². The smallest absolute Gasteiger partial charge is 0.142 e. The lowest BCUT2D eigenvalue weighted by Crippen LogP contribution is -2.51. The van der Waals surface area contributed by atoms with Crippen molar-refractivity contribution in [3.05, 3.63) is 59.2 Å². The Morgan fingerprint density at radius 1 is 0.902 bits per heavy atom. The molecule has 4 atom stereocenters. The summed E-state index contributed by atoms with van der Waals surface area (Å²) in [4.78, 5) is 2.38. The molecule has 2 aromatic carbocycles. The lowest BCUT2D eigenvalue weighted by atomic mass is 9.85. The van der Waals surface area contributed by atoms with Crippen molar-refractivity contribution < 1.29 is 33.2 Å². The molecule has 2 aliphatic rings. The van der Waals surface area contributed by atoms with Crippen LogP contribution in [0.3, 0.4) is 0 Å². The molecule has 0 spiro atoms. The van der Waals surface area contributed by atoms with Gasteiger partial charge in [-0.3, -0.25) is 0 Å². The number of ether oxygens (including phenoxy) is 7. The third-order valence-corrected chi connectivity index (χ3v) is 7.73. The van der Waals surface area contributed by atoms with Crippen LogP contribution in [-0.4, -0.2) is 98.9 Å². The molecular weight excluding hydrogens is 524 g/mol. The van der Waals surface area contributed by atoms with Crippen molar-refractivity contribution >= 4 is 5.69 Å². The summed E-state index contributed by atoms with van der Waals surface area (Å²) in [5.41, 5.74) is 4.60. The molecule has 4 rings (SSSR count). The minimum Gasteiger partial charge on any atom is -0.490 e. The number of anilines is 1. The molecule has 0 radical (unpaired) electrons. The molecule has 2 heterocycles. The van der Waals surface area contributed by atoms with Gasteiger partial charge in [-0.2, -0.15) is 0 Å². The number of piperidine rings is 1. The first-order valence-corrected chi connectivity index (χ1v) is 14.7. The zero-order valence-electron chi connectivity index (χ0n) is 25.1. The van der Waals surface area contributed by atoms with Gasteiger partial charge < -0.3 is 43.4 Å². The number of benzene rings is 2. The molecule has 2 aliphatic heterocycles. The normalized spacial score (nSPS) is 21.4. The Morgan fingerprint density at radius 3 is 2.41 bits per heavy atom. The van der Waals surface area contributed by atoms with Gasteiger partial charge in [0, 0.05) is 53.5 Å². The van der Waals surface area contributed by atoms with Crippen LogP contribution in [-0.2, 0) is 41.6 Å². The van der Waals surface area contributed by atoms with Crippen molar-refractivity contribution in [1.82, 2.24) is 5.32 Å². The molecule has 1 saturated heterocycles. The molecule has 9 heteroatoms. The molecule has 0 aromatic heterocycles. The second-order valence-corrected chi connectivity index (χ2v) is 10.7. The van der Waals surface area contributed by atoms with E-state index in [2.05, 4.69) is 52.7 Å². The van der Waals surface area contributed by atoms with E-state index in [0.717, 1.165) is 61.8 Å². The Labute approximate surface area is 245 Å². The molecule has 0 aliphatic carbocycles. The Kier molecular flexibility index (Phi) is 13.2. The fraction of sp³-hybridized carbons (Fsp3) is 0.625. The zero-order chi connectivity index (χ0) is 28.9. The van der Waals surface area contributed by atoms with Gasteiger partial charge in [0.1, 0.15) is 12.4 Å². The van der Waals surface area contributed by atoms with E-state index in [1.807, 2.05) is 6.92 Å². The SMILES string of the molecule is COCCCN1CCOc2ccc(CO[C@H]3CNC[C@@H](OC[C@@H](C)OC)[C@@H]3c3ccc(COCCOC)cc3)cc21. The van der Waals surface area contributed by atoms with Gasteiger partial charge in [-0.05, 0) is 42.2 Å². The number of hydrogen-bond acceptors (Lipinski definition) is 9. The predicted molar refractivity (Wildman–Crippen MR) is 159 cm³/mol. The first-order chi connectivity index (χ1) is 20.1. The standard InChI is InChI=1S/C32H48N2O7/c1-24(37-4)21-40-30-19-33-20-31(32(30)27-9-6-25(7-10-27)22-38-17-16-36-3)41-23-26-8-11-29-28(18-26)34(13-15-39-29)12-5-14-35-2/h6-11,18,24,30-33H,5,12-17,19-23H2,1-4H3/t24-,30-,31+,32+/m1/s1. The summed E-state index contributed by atoms with van der Waals surface area (Å²) in [5.74, 6) is 1.01. The molecule has 2 aromatic rings. The van der Waals surface area contributed by atoms with E-state index < -0.39 is 0 Å². The molecule has 41 heavy (non-hydrogen) atoms. The molecule has 0 bridgehead atoms. The number of fused-ring (bicyclic) bond motifs is 1. The van der Waals surface area contributed by atoms with Crippen LogP contribution in [0, 0.1) is 0 Å². The number of nitrogens with zero attached hydrogens (tertiary/aromatic N) is 1. The molecule has 0 unspecified atom stereocenters. The third-order valence-electron chi connectivity index (χ3n) is 7.73. The quantitative estimate of drug-likeness (QED) is 0.285. The lowest BCUT2D eigenvalue weighted by Gasteiger charge is -2.39. The third kappa shape index (κ3) is 9.38. The first-order valence-electron chi connectivity index (χ1n) is 14.7. The van der Waals surface area contributed by atoms with Crippen molar-refractivity contribution in [2.24, 2.45) is 0 Å². The molecule has 1 fully saturated rings. The number of methoxy groups -OCH3 is 3. The van der Waals surface area contributed by atoms with Crippen LogP contribution in [0.5, 0.6) is 5.75 Å². The van der Waals surface area contributed by atoms with Crippen molar-refractivity contribution in [3.8, 4) is 5.75 Å². The van der Waals surface area contributed by atoms with Crippen LogP contribution < -0.4 is 15.0 Å². The van der Waals surface area contributed by atoms with Crippen LogP contribution in [0.4, 0.5) is 5.69 Å². The van der Waals surface area contributed by atoms with Crippen LogP contribution in [0.2, 0.25) is 0 Å². The summed E-state index contributed by atoms with van der Waals surface area (Å²) in [5, 5.41) is 3.54. The minimum atomic E-state index is -0.0551. The van der Waals surface area contributed by atoms with E-state index in [1.165, 1.54) is 5.56 Å². The fourth-order valence-corrected chi connectivity index (χ4v) is 5.35. The summed E-state index contributed by atoms with van der Waals surface area (Å²) < 4.78 is 40.5. The van der Waals surface area contributed by atoms with Crippen LogP contribution >= 0.6 is 0 Å². The molecule has 9 nitrogen and oxygen atoms in total. The number of rotatable bonds is 17. The minimum absolute atomic E-state index is 0.0214. The molecule has 228 valence electrons. The Hall–Kier alpha value is -2.24. The van der Waals surface area contributed by atoms with E-state index >= 15 is 0 Å². The summed E-state index contributed by atoms with van der Waals surface area (Å²) in [6.07, 6.45) is 0.907. The maximum absolute atomic E-state index is 6.65. The summed E-state index contributed by atoms with van der Waals surface area (Å²) in [7, 11) is 5.14. The van der Waals surface area contributed by atoms with Gasteiger partial charge >= 0.3 is 0 Å². The van der Waals surface area contributed by atoms with Gasteiger partial charge in [0.05, 0.1) is 63.6 Å². The summed E-state index contributed by atoms with van der Waals surface area (Å²) in [6.45, 7) is 9.57. The van der Waals surface area contributed by atoms with Crippen LogP contribution in [0.25, 0.3) is 0 Å². The van der Waals surface area contributed by atoms with E-state index in [0.29, 0.717) is 39.6 Å². The highest BCUT2D eigenvalue weighted by molar-refractivity contribution is 5.61. The average molecular weight is 573 g/mol. The zero-order valence-corrected chi connectivity index (χ0v) is 25.1. The maximum atomic E-state index is 6.65. The number of hydrogen-bond donors (Lipinski definition) is 1. The van der Waals surface area contributed by atoms with Crippen molar-refractivity contribution in [1.29, 1.82) is 0 Å². The van der Waals surface area contributed by atoms with Crippen molar-refractivity contribution in [3.63, 3.8) is 0 Å². The van der Waals surface area contributed by atoms with E-state index in [1.54, 1.807) is 21.3 Å². The molecule has 0 amide bonds. The topological polar surface area (TPSA) is 79.9 Å². The van der Waals surface area contributed by atoms with Gasteiger partial charge in [-0.15, -0.1) is 0 Å². The Balaban J connectivity index is 1.46. The predicted octanol–water partition coefficient (Wildman–Crippen LogP) is 3.78. The van der Waals surface area contributed by atoms with Crippen molar-refractivity contribution in [2.75, 3.05) is 85.4 Å². The van der Waals surface area contributed by atoms with E-state index in [-0.39, 0.29) is 24.2 Å². The van der Waals surface area contributed by atoms with Crippen LogP contribution in [0.15, 0.2) is 42.5 Å². The first kappa shape index (κ1) is 31.7. The van der Waals surface area contributed by atoms with Crippen LogP contribution in [0.1, 0.15) is 36.0 Å². The highest BCUT2D eigenvalue weighted by atomic mass is 16.5. The van der Waals surface area contributed by atoms with Gasteiger partial charge in [-0.25, -0.2) is 0 Å². The Bertz CT molecular complexity index is 1020. The monoisotopic (exact) mass is 572 g/mol. The van der Waals surface area contributed by atoms with Crippen molar-refractivity contribution in [2.45, 2.75) is 50.8 Å². The average Bonchev–Trinajstić information content (AvgIpc) is 3.01. The highest BCUT2D eigenvalue weighted by Crippen LogP contribution is 2.34. The summed E-state index contributed by atoms with van der Waals surface area (Å²) in [6, 6.07) is 15.0. The largest absolute Gasteiger partial charge is 0.490 e. The van der Waals surface area contributed by atoms with E-state index in [4.69, 9.17) is 33.2 Å².